The van der Waals surface area contributed by atoms with E-state index in [1.54, 1.807) is 16.7 Å². The Bertz CT molecular complexity index is 1280. The third kappa shape index (κ3) is 7.19. The zero-order chi connectivity index (χ0) is 27.2. The number of nitrogens with zero attached hydrogens (tertiary/aromatic N) is 1. The van der Waals surface area contributed by atoms with Crippen molar-refractivity contribution in [3.05, 3.63) is 88.4 Å². The highest BCUT2D eigenvalue weighted by Gasteiger charge is 2.28. The first-order chi connectivity index (χ1) is 18.2. The Morgan fingerprint density at radius 3 is 2.39 bits per heavy atom. The van der Waals surface area contributed by atoms with Gasteiger partial charge in [0.1, 0.15) is 0 Å². The second-order valence-electron chi connectivity index (χ2n) is 10.8. The van der Waals surface area contributed by atoms with Gasteiger partial charge in [-0.1, -0.05) is 75.3 Å². The lowest BCUT2D eigenvalue weighted by Crippen LogP contribution is -3.13. The molecule has 4 rings (SSSR count). The summed E-state index contributed by atoms with van der Waals surface area (Å²) in [5.41, 5.74) is 2.86. The molecule has 0 aromatic heterocycles. The summed E-state index contributed by atoms with van der Waals surface area (Å²) in [6.07, 6.45) is 0. The molecule has 0 unspecified atom stereocenters. The highest BCUT2D eigenvalue weighted by molar-refractivity contribution is 7.99. The van der Waals surface area contributed by atoms with E-state index in [2.05, 4.69) is 33.0 Å². The molecule has 3 aromatic carbocycles. The highest BCUT2D eigenvalue weighted by Crippen LogP contribution is 2.42. The molecule has 1 aliphatic heterocycles. The summed E-state index contributed by atoms with van der Waals surface area (Å²) in [5, 5.41) is 3.74. The number of hydrogen-bond acceptors (Lipinski definition) is 3. The largest absolute Gasteiger partial charge is 0.346 e. The number of halogens is 1. The monoisotopic (exact) mass is 550 g/mol. The summed E-state index contributed by atoms with van der Waals surface area (Å²) in [4.78, 5) is 32.1. The molecule has 1 heterocycles. The highest BCUT2D eigenvalue weighted by atomic mass is 35.5. The van der Waals surface area contributed by atoms with E-state index in [1.807, 2.05) is 66.7 Å². The van der Waals surface area contributed by atoms with Gasteiger partial charge in [0.05, 0.1) is 44.0 Å². The fraction of sp³-hybridized carbons (Fsp3) is 0.355. The van der Waals surface area contributed by atoms with E-state index in [0.717, 1.165) is 40.7 Å². The lowest BCUT2D eigenvalue weighted by atomic mass is 10.1. The number of benzene rings is 3. The topological polar surface area (TPSA) is 53.9 Å². The molecule has 0 radical (unpaired) electrons. The van der Waals surface area contributed by atoms with E-state index in [9.17, 15) is 9.59 Å². The third-order valence-corrected chi connectivity index (χ3v) is 7.86. The van der Waals surface area contributed by atoms with E-state index in [4.69, 9.17) is 11.6 Å². The number of nitrogens with one attached hydrogen (secondary N) is 2. The van der Waals surface area contributed by atoms with Gasteiger partial charge < -0.3 is 15.1 Å². The second kappa shape index (κ2) is 12.8. The van der Waals surface area contributed by atoms with Crippen LogP contribution >= 0.6 is 23.4 Å². The summed E-state index contributed by atoms with van der Waals surface area (Å²) in [7, 11) is 0. The standard InChI is InChI=1S/C31H36ClN3O2S/c1-21(2)18-34(19-22(3)4)15-14-33-30(36)24-12-13-29-27(17-24)35(20-23-8-7-9-25(32)16-23)31(37)26-10-5-6-11-28(26)38-29/h5-13,16-17,21-22H,14-15,18-20H2,1-4H3,(H,33,36)/p+1. The van der Waals surface area contributed by atoms with E-state index in [0.29, 0.717) is 41.1 Å². The van der Waals surface area contributed by atoms with Gasteiger partial charge in [0.25, 0.3) is 11.8 Å². The van der Waals surface area contributed by atoms with Crippen molar-refractivity contribution in [3.63, 3.8) is 0 Å². The Morgan fingerprint density at radius 1 is 0.947 bits per heavy atom. The van der Waals surface area contributed by atoms with Gasteiger partial charge in [0.15, 0.2) is 0 Å². The lowest BCUT2D eigenvalue weighted by Gasteiger charge is -2.24. The average Bonchev–Trinajstić information content (AvgIpc) is 2.97. The van der Waals surface area contributed by atoms with E-state index < -0.39 is 0 Å². The van der Waals surface area contributed by atoms with Crippen LogP contribution in [0.15, 0.2) is 76.5 Å². The first-order valence-electron chi connectivity index (χ1n) is 13.3. The smallest absolute Gasteiger partial charge is 0.259 e. The normalized spacial score (nSPS) is 13.1. The van der Waals surface area contributed by atoms with Crippen LogP contribution in [0.2, 0.25) is 5.02 Å². The molecule has 2 amide bonds. The maximum absolute atomic E-state index is 13.8. The quantitative estimate of drug-likeness (QED) is 0.346. The molecule has 0 fully saturated rings. The fourth-order valence-corrected chi connectivity index (χ4v) is 6.20. The lowest BCUT2D eigenvalue weighted by molar-refractivity contribution is -0.904. The molecular formula is C31H37ClN3O2S+. The van der Waals surface area contributed by atoms with Crippen molar-refractivity contribution in [2.24, 2.45) is 11.8 Å². The number of rotatable bonds is 10. The molecule has 0 saturated heterocycles. The first-order valence-corrected chi connectivity index (χ1v) is 14.5. The summed E-state index contributed by atoms with van der Waals surface area (Å²) in [6.45, 7) is 13.0. The van der Waals surface area contributed by atoms with Crippen LogP contribution in [0.3, 0.4) is 0 Å². The number of carbonyl (C=O) groups is 2. The van der Waals surface area contributed by atoms with Crippen LogP contribution in [0, 0.1) is 11.8 Å². The van der Waals surface area contributed by atoms with Crippen molar-refractivity contribution in [3.8, 4) is 0 Å². The van der Waals surface area contributed by atoms with Crippen molar-refractivity contribution >= 4 is 40.9 Å². The number of hydrogen-bond donors (Lipinski definition) is 2. The molecule has 5 nitrogen and oxygen atoms in total. The minimum absolute atomic E-state index is 0.0917. The van der Waals surface area contributed by atoms with Gasteiger partial charge in [-0.2, -0.15) is 0 Å². The van der Waals surface area contributed by atoms with Crippen LogP contribution < -0.4 is 15.1 Å². The fourth-order valence-electron chi connectivity index (χ4n) is 4.93. The molecule has 38 heavy (non-hydrogen) atoms. The van der Waals surface area contributed by atoms with Gasteiger partial charge >= 0.3 is 0 Å². The van der Waals surface area contributed by atoms with E-state index in [-0.39, 0.29) is 11.8 Å². The van der Waals surface area contributed by atoms with Gasteiger partial charge in [-0.3, -0.25) is 9.59 Å². The Kier molecular flexibility index (Phi) is 9.53. The molecule has 200 valence electrons. The van der Waals surface area contributed by atoms with Gasteiger partial charge in [-0.05, 0) is 48.0 Å². The van der Waals surface area contributed by atoms with Gasteiger partial charge in [-0.25, -0.2) is 0 Å². The number of quaternary nitrogens is 1. The van der Waals surface area contributed by atoms with Gasteiger partial charge in [-0.15, -0.1) is 0 Å². The second-order valence-corrected chi connectivity index (χ2v) is 12.3. The molecule has 1 aliphatic rings. The molecule has 0 atom stereocenters. The van der Waals surface area contributed by atoms with Crippen LogP contribution in [0.4, 0.5) is 5.69 Å². The Hall–Kier alpha value is -2.80. The van der Waals surface area contributed by atoms with Crippen LogP contribution in [0.25, 0.3) is 0 Å². The Labute approximate surface area is 235 Å². The molecule has 0 aliphatic carbocycles. The van der Waals surface area contributed by atoms with E-state index >= 15 is 0 Å². The predicted molar refractivity (Wildman–Crippen MR) is 157 cm³/mol. The van der Waals surface area contributed by atoms with Crippen molar-refractivity contribution in [2.75, 3.05) is 31.1 Å². The Balaban J connectivity index is 1.58. The summed E-state index contributed by atoms with van der Waals surface area (Å²) < 4.78 is 0. The minimum Gasteiger partial charge on any atom is -0.346 e. The predicted octanol–water partition coefficient (Wildman–Crippen LogP) is 5.58. The van der Waals surface area contributed by atoms with Crippen molar-refractivity contribution in [2.45, 2.75) is 44.0 Å². The van der Waals surface area contributed by atoms with Crippen LogP contribution in [-0.4, -0.2) is 38.0 Å². The molecule has 0 spiro atoms. The number of carbonyl (C=O) groups excluding carboxylic acids is 2. The van der Waals surface area contributed by atoms with Crippen LogP contribution in [0.1, 0.15) is 54.0 Å². The van der Waals surface area contributed by atoms with Crippen molar-refractivity contribution in [1.29, 1.82) is 0 Å². The van der Waals surface area contributed by atoms with E-state index in [1.165, 1.54) is 4.90 Å². The van der Waals surface area contributed by atoms with Crippen molar-refractivity contribution in [1.82, 2.24) is 5.32 Å². The summed E-state index contributed by atoms with van der Waals surface area (Å²) in [6, 6.07) is 20.8. The maximum Gasteiger partial charge on any atom is 0.259 e. The molecular weight excluding hydrogens is 514 g/mol. The van der Waals surface area contributed by atoms with Gasteiger partial charge in [0, 0.05) is 32.2 Å². The molecule has 2 N–H and O–H groups in total. The van der Waals surface area contributed by atoms with Gasteiger partial charge in [0.2, 0.25) is 0 Å². The average molecular weight is 551 g/mol. The molecule has 3 aromatic rings. The molecule has 7 heteroatoms. The first kappa shape index (κ1) is 28.2. The van der Waals surface area contributed by atoms with Crippen molar-refractivity contribution < 1.29 is 14.5 Å². The van der Waals surface area contributed by atoms with Crippen LogP contribution in [0.5, 0.6) is 0 Å². The zero-order valence-corrected chi connectivity index (χ0v) is 24.2. The summed E-state index contributed by atoms with van der Waals surface area (Å²) >= 11 is 7.80. The number of amides is 2. The SMILES string of the molecule is CC(C)C[NH+](CCNC(=O)c1ccc2c(c1)N(Cc1cccc(Cl)c1)C(=O)c1ccccc1S2)CC(C)C. The maximum atomic E-state index is 13.8. The Morgan fingerprint density at radius 2 is 1.68 bits per heavy atom. The summed E-state index contributed by atoms with van der Waals surface area (Å²) in [5.74, 6) is 0.997. The van der Waals surface area contributed by atoms with Crippen LogP contribution in [-0.2, 0) is 6.54 Å². The number of fused-ring (bicyclic) bond motifs is 2. The molecule has 0 bridgehead atoms. The third-order valence-electron chi connectivity index (χ3n) is 6.48. The molecule has 0 saturated carbocycles. The minimum atomic E-state index is -0.122. The zero-order valence-electron chi connectivity index (χ0n) is 22.6. The number of anilines is 1.